The van der Waals surface area contributed by atoms with Gasteiger partial charge in [0.1, 0.15) is 22.1 Å². The van der Waals surface area contributed by atoms with Crippen LogP contribution in [-0.4, -0.2) is 6.15 Å². The Labute approximate surface area is 296 Å². The number of hydrogen-bond acceptors (Lipinski definition) is 0. The maximum atomic E-state index is 15.2. The van der Waals surface area contributed by atoms with Crippen LogP contribution in [0.5, 0.6) is 0 Å². The number of rotatable bonds is 7. The molecule has 260 valence electrons. The molecule has 7 aromatic carbocycles. The van der Waals surface area contributed by atoms with Gasteiger partial charge < -0.3 is 0 Å². The van der Waals surface area contributed by atoms with E-state index < -0.39 is 82.5 Å². The Kier molecular flexibility index (Phi) is 11.0. The number of hydrogen-bond donors (Lipinski definition) is 0. The van der Waals surface area contributed by atoms with Crippen molar-refractivity contribution in [1.82, 2.24) is 0 Å². The van der Waals surface area contributed by atoms with Gasteiger partial charge in [-0.05, 0) is 84.9 Å². The molecule has 0 aliphatic carbocycles. The number of halogens is 8. The zero-order chi connectivity index (χ0) is 36.8. The quantitative estimate of drug-likeness (QED) is 0.0917. The summed E-state index contributed by atoms with van der Waals surface area (Å²) in [5, 5.41) is 4.31. The van der Waals surface area contributed by atoms with Crippen LogP contribution in [0.3, 0.4) is 0 Å². The number of benzene rings is 7. The first-order valence-corrected chi connectivity index (χ1v) is 17.6. The highest BCUT2D eigenvalue weighted by atomic mass is 31.1. The maximum Gasteiger partial charge on any atom is 0.136 e. The van der Waals surface area contributed by atoms with Crippen LogP contribution in [-0.2, 0) is 0 Å². The summed E-state index contributed by atoms with van der Waals surface area (Å²) in [6.07, 6.45) is -4.42. The second-order valence-electron chi connectivity index (χ2n) is 11.9. The van der Waals surface area contributed by atoms with E-state index in [1.54, 1.807) is 0 Å². The minimum Gasteiger partial charge on any atom is -0.210 e. The van der Waals surface area contributed by atoms with E-state index in [0.717, 1.165) is 24.3 Å². The molecule has 0 saturated heterocycles. The molecule has 0 unspecified atom stereocenters. The van der Waals surface area contributed by atoms with Gasteiger partial charge in [0.2, 0.25) is 0 Å². The molecule has 0 bridgehead atoms. The lowest BCUT2D eigenvalue weighted by Gasteiger charge is -2.44. The van der Waals surface area contributed by atoms with E-state index in [4.69, 9.17) is 0 Å². The van der Waals surface area contributed by atoms with Crippen molar-refractivity contribution >= 4 is 51.8 Å². The first-order chi connectivity index (χ1) is 25.2. The second kappa shape index (κ2) is 15.8. The standard InChI is InChI=1S/C24H12BF8.C18H15P/c26-13-5-1-6-14(27)21(13)25(22-15(28)7-2-8-16(22)29,23-17(30)9-3-10-18(23)31)24-19(32)11-4-12-20(24)33;1-4-10-16(11-5-1)19(17-12-6-2-7-13-17)18-14-8-3-9-15-18/h1-12H;1-15H/q-1;/p+1. The molecular weight excluding hydrogens is 698 g/mol. The molecule has 0 nitrogen and oxygen atoms in total. The van der Waals surface area contributed by atoms with Crippen molar-refractivity contribution < 1.29 is 35.1 Å². The molecule has 0 saturated carbocycles. The lowest BCUT2D eigenvalue weighted by Crippen LogP contribution is -2.80. The average molecular weight is 726 g/mol. The zero-order valence-electron chi connectivity index (χ0n) is 27.2. The zero-order valence-corrected chi connectivity index (χ0v) is 28.2. The molecule has 0 N–H and O–H groups in total. The van der Waals surface area contributed by atoms with Crippen molar-refractivity contribution in [1.29, 1.82) is 0 Å². The molecule has 7 rings (SSSR count). The fraction of sp³-hybridized carbons (Fsp3) is 0. The van der Waals surface area contributed by atoms with Crippen molar-refractivity contribution in [2.24, 2.45) is 0 Å². The van der Waals surface area contributed by atoms with E-state index >= 15 is 35.1 Å². The van der Waals surface area contributed by atoms with Crippen molar-refractivity contribution in [3.8, 4) is 0 Å². The summed E-state index contributed by atoms with van der Waals surface area (Å²) in [6.45, 7) is 0. The first kappa shape index (κ1) is 36.3. The van der Waals surface area contributed by atoms with Gasteiger partial charge in [0.05, 0.1) is 54.5 Å². The van der Waals surface area contributed by atoms with Crippen LogP contribution in [0.4, 0.5) is 35.1 Å². The first-order valence-electron chi connectivity index (χ1n) is 16.1. The van der Waals surface area contributed by atoms with Crippen molar-refractivity contribution in [3.63, 3.8) is 0 Å². The smallest absolute Gasteiger partial charge is 0.136 e. The molecule has 0 atom stereocenters. The molecule has 0 spiro atoms. The van der Waals surface area contributed by atoms with Crippen molar-refractivity contribution in [3.05, 3.63) is 210 Å². The Morgan fingerprint density at radius 1 is 0.250 bits per heavy atom. The van der Waals surface area contributed by atoms with E-state index in [9.17, 15) is 0 Å². The summed E-state index contributed by atoms with van der Waals surface area (Å²) in [5.41, 5.74) is -5.19. The Morgan fingerprint density at radius 2 is 0.442 bits per heavy atom. The Bertz CT molecular complexity index is 1920. The fourth-order valence-electron chi connectivity index (χ4n) is 6.88. The molecule has 0 fully saturated rings. The van der Waals surface area contributed by atoms with E-state index in [0.29, 0.717) is 48.5 Å². The predicted molar refractivity (Wildman–Crippen MR) is 196 cm³/mol. The van der Waals surface area contributed by atoms with Gasteiger partial charge in [-0.15, -0.1) is 21.9 Å². The summed E-state index contributed by atoms with van der Waals surface area (Å²) < 4.78 is 122. The summed E-state index contributed by atoms with van der Waals surface area (Å²) in [4.78, 5) is 0. The van der Waals surface area contributed by atoms with Crippen LogP contribution in [0, 0.1) is 46.5 Å². The van der Waals surface area contributed by atoms with Crippen LogP contribution < -0.4 is 37.8 Å². The minimum atomic E-state index is -4.42. The summed E-state index contributed by atoms with van der Waals surface area (Å²) in [6, 6.07) is 41.3. The van der Waals surface area contributed by atoms with Gasteiger partial charge in [-0.1, -0.05) is 78.9 Å². The van der Waals surface area contributed by atoms with Crippen LogP contribution in [0.25, 0.3) is 0 Å². The SMILES string of the molecule is Fc1cccc(F)c1[B-](c1c(F)cccc1F)(c1c(F)cccc1F)c1c(F)cccc1F.c1ccc([PH+](c2ccccc2)c2ccccc2)cc1. The molecule has 52 heavy (non-hydrogen) atoms. The highest BCUT2D eigenvalue weighted by Gasteiger charge is 2.45. The molecule has 0 aliphatic heterocycles. The Hall–Kier alpha value is -5.53. The van der Waals surface area contributed by atoms with Crippen LogP contribution in [0.2, 0.25) is 0 Å². The Morgan fingerprint density at radius 3 is 0.635 bits per heavy atom. The Balaban J connectivity index is 0.000000206. The normalized spacial score (nSPS) is 11.2. The summed E-state index contributed by atoms with van der Waals surface area (Å²) >= 11 is 0. The maximum absolute atomic E-state index is 15.2. The second-order valence-corrected chi connectivity index (χ2v) is 14.4. The fourth-order valence-corrected chi connectivity index (χ4v) is 9.46. The molecule has 0 aromatic heterocycles. The van der Waals surface area contributed by atoms with Gasteiger partial charge in [-0.2, -0.15) is 0 Å². The minimum absolute atomic E-state index is 0.658. The highest BCUT2D eigenvalue weighted by molar-refractivity contribution is 7.79. The van der Waals surface area contributed by atoms with Gasteiger partial charge in [0, 0.05) is 0 Å². The lowest BCUT2D eigenvalue weighted by molar-refractivity contribution is 0.582. The molecule has 7 aromatic rings. The molecular formula is C42H28BF8P. The molecule has 0 radical (unpaired) electrons. The van der Waals surface area contributed by atoms with Gasteiger partial charge >= 0.3 is 0 Å². The van der Waals surface area contributed by atoms with E-state index in [-0.39, 0.29) is 0 Å². The van der Waals surface area contributed by atoms with Crippen molar-refractivity contribution in [2.45, 2.75) is 0 Å². The van der Waals surface area contributed by atoms with Gasteiger partial charge in [0.15, 0.2) is 0 Å². The third-order valence-corrected chi connectivity index (χ3v) is 11.7. The molecule has 0 amide bonds. The lowest BCUT2D eigenvalue weighted by atomic mass is 9.12. The third kappa shape index (κ3) is 6.89. The van der Waals surface area contributed by atoms with Crippen LogP contribution in [0.1, 0.15) is 0 Å². The molecule has 10 heteroatoms. The van der Waals surface area contributed by atoms with Gasteiger partial charge in [-0.3, -0.25) is 0 Å². The van der Waals surface area contributed by atoms with E-state index in [1.165, 1.54) is 15.9 Å². The van der Waals surface area contributed by atoms with Gasteiger partial charge in [0.25, 0.3) is 0 Å². The molecule has 0 heterocycles. The third-order valence-electron chi connectivity index (χ3n) is 8.92. The van der Waals surface area contributed by atoms with Gasteiger partial charge in [-0.25, -0.2) is 35.1 Å². The van der Waals surface area contributed by atoms with E-state index in [2.05, 4.69) is 91.0 Å². The highest BCUT2D eigenvalue weighted by Crippen LogP contribution is 2.32. The van der Waals surface area contributed by atoms with Crippen molar-refractivity contribution in [2.75, 3.05) is 0 Å². The molecule has 0 aliphatic rings. The van der Waals surface area contributed by atoms with Crippen LogP contribution in [0.15, 0.2) is 164 Å². The largest absolute Gasteiger partial charge is 0.210 e. The van der Waals surface area contributed by atoms with E-state index in [1.807, 2.05) is 0 Å². The van der Waals surface area contributed by atoms with Crippen LogP contribution >= 0.6 is 7.92 Å². The summed E-state index contributed by atoms with van der Waals surface area (Å²) in [5.74, 6) is -12.1. The topological polar surface area (TPSA) is 0 Å². The summed E-state index contributed by atoms with van der Waals surface area (Å²) in [7, 11) is -0.877. The average Bonchev–Trinajstić information content (AvgIpc) is 3.13. The monoisotopic (exact) mass is 726 g/mol. The predicted octanol–water partition coefficient (Wildman–Crippen LogP) is 7.35.